The lowest BCUT2D eigenvalue weighted by Gasteiger charge is -2.30. The molecule has 39 heavy (non-hydrogen) atoms. The van der Waals surface area contributed by atoms with Crippen LogP contribution in [0.25, 0.3) is 23.3 Å². The summed E-state index contributed by atoms with van der Waals surface area (Å²) in [4.78, 5) is 30.7. The summed E-state index contributed by atoms with van der Waals surface area (Å²) in [5.41, 5.74) is 3.99. The second-order valence-corrected chi connectivity index (χ2v) is 10.1. The lowest BCUT2D eigenvalue weighted by Crippen LogP contribution is -2.38. The summed E-state index contributed by atoms with van der Waals surface area (Å²) in [5.74, 6) is 1.91. The maximum Gasteiger partial charge on any atom is 0.231 e. The van der Waals surface area contributed by atoms with Crippen LogP contribution in [0.4, 0.5) is 11.6 Å². The highest BCUT2D eigenvalue weighted by atomic mass is 16.3. The van der Waals surface area contributed by atoms with Crippen molar-refractivity contribution in [1.82, 2.24) is 15.0 Å². The number of carbonyl (C=O) groups is 1. The average molecular weight is 524 g/mol. The van der Waals surface area contributed by atoms with E-state index in [9.17, 15) is 9.90 Å². The molecular weight excluding hydrogens is 490 g/mol. The Kier molecular flexibility index (Phi) is 8.13. The first kappa shape index (κ1) is 26.3. The van der Waals surface area contributed by atoms with Crippen LogP contribution in [0.15, 0.2) is 77.8 Å². The maximum absolute atomic E-state index is 13.8. The summed E-state index contributed by atoms with van der Waals surface area (Å²) in [6.45, 7) is 0.399. The minimum absolute atomic E-state index is 0.0378. The Bertz CT molecular complexity index is 1390. The molecule has 1 N–H and O–H groups in total. The molecule has 5 rings (SSSR count). The van der Waals surface area contributed by atoms with Crippen LogP contribution in [0.2, 0.25) is 0 Å². The Morgan fingerprint density at radius 1 is 0.923 bits per heavy atom. The lowest BCUT2D eigenvalue weighted by molar-refractivity contribution is -0.124. The zero-order valence-electron chi connectivity index (χ0n) is 22.3. The number of oxazole rings is 1. The third-order valence-corrected chi connectivity index (χ3v) is 7.06. The van der Waals surface area contributed by atoms with E-state index in [4.69, 9.17) is 4.42 Å². The highest BCUT2D eigenvalue weighted by Gasteiger charge is 2.30. The van der Waals surface area contributed by atoms with Gasteiger partial charge in [-0.2, -0.15) is 0 Å². The molecule has 8 nitrogen and oxygen atoms in total. The van der Waals surface area contributed by atoms with E-state index >= 15 is 0 Å². The van der Waals surface area contributed by atoms with Crippen molar-refractivity contribution >= 4 is 29.7 Å². The molecule has 1 amide bonds. The summed E-state index contributed by atoms with van der Waals surface area (Å²) >= 11 is 0. The van der Waals surface area contributed by atoms with Gasteiger partial charge < -0.3 is 14.4 Å². The van der Waals surface area contributed by atoms with Gasteiger partial charge in [-0.25, -0.2) is 15.0 Å². The van der Waals surface area contributed by atoms with Crippen molar-refractivity contribution in [3.8, 4) is 11.1 Å². The fraction of sp³-hybridized carbons (Fsp3) is 0.290. The van der Waals surface area contributed by atoms with Crippen molar-refractivity contribution in [3.63, 3.8) is 0 Å². The van der Waals surface area contributed by atoms with Gasteiger partial charge in [0.1, 0.15) is 17.9 Å². The second-order valence-electron chi connectivity index (χ2n) is 10.1. The number of hydrogen-bond acceptors (Lipinski definition) is 7. The molecule has 0 spiro atoms. The van der Waals surface area contributed by atoms with Crippen LogP contribution in [0.5, 0.6) is 0 Å². The Morgan fingerprint density at radius 3 is 2.36 bits per heavy atom. The molecule has 200 valence electrons. The van der Waals surface area contributed by atoms with Crippen LogP contribution in [-0.2, 0) is 11.3 Å². The van der Waals surface area contributed by atoms with Crippen LogP contribution in [0.3, 0.4) is 0 Å². The molecule has 1 fully saturated rings. The number of anilines is 2. The van der Waals surface area contributed by atoms with Gasteiger partial charge >= 0.3 is 0 Å². The smallest absolute Gasteiger partial charge is 0.231 e. The number of amides is 1. The summed E-state index contributed by atoms with van der Waals surface area (Å²) in [7, 11) is 3.94. The van der Waals surface area contributed by atoms with E-state index in [1.54, 1.807) is 23.4 Å². The molecule has 1 aliphatic carbocycles. The molecule has 1 aliphatic rings. The zero-order valence-corrected chi connectivity index (χ0v) is 22.3. The third kappa shape index (κ3) is 6.59. The number of hydrogen-bond donors (Lipinski definition) is 1. The highest BCUT2D eigenvalue weighted by molar-refractivity contribution is 5.94. The highest BCUT2D eigenvalue weighted by Crippen LogP contribution is 2.29. The number of nitrogens with zero attached hydrogens (tertiary/aromatic N) is 5. The standard InChI is InChI=1S/C31H33N5O3/c1-35(2)28-13-10-26(20-34-28)24-6-3-23(4-7-24)21-36(31(38)25-8-11-27(37)12-9-25)29-19-22(15-16-32-29)5-14-30-33-17-18-39-30/h3-7,10,13-20,25,27,37H,8-9,11-12,21H2,1-2H3. The topological polar surface area (TPSA) is 95.6 Å². The maximum atomic E-state index is 13.8. The molecular formula is C31H33N5O3. The number of aliphatic hydroxyl groups excluding tert-OH is 1. The second kappa shape index (κ2) is 12.0. The van der Waals surface area contributed by atoms with Crippen LogP contribution in [0, 0.1) is 5.92 Å². The van der Waals surface area contributed by atoms with Gasteiger partial charge in [-0.05, 0) is 72.7 Å². The van der Waals surface area contributed by atoms with Crippen LogP contribution < -0.4 is 9.80 Å². The molecule has 0 radical (unpaired) electrons. The van der Waals surface area contributed by atoms with Gasteiger partial charge in [-0.3, -0.25) is 9.69 Å². The van der Waals surface area contributed by atoms with E-state index in [1.807, 2.05) is 61.6 Å². The Balaban J connectivity index is 1.39. The quantitative estimate of drug-likeness (QED) is 0.328. The zero-order chi connectivity index (χ0) is 27.2. The summed E-state index contributed by atoms with van der Waals surface area (Å²) in [5, 5.41) is 9.97. The molecule has 4 aromatic rings. The molecule has 3 aromatic heterocycles. The monoisotopic (exact) mass is 523 g/mol. The molecule has 0 unspecified atom stereocenters. The molecule has 8 heteroatoms. The lowest BCUT2D eigenvalue weighted by atomic mass is 9.86. The van der Waals surface area contributed by atoms with E-state index in [1.165, 1.54) is 6.26 Å². The molecule has 0 atom stereocenters. The number of benzene rings is 1. The number of pyridine rings is 2. The number of aromatic nitrogens is 3. The van der Waals surface area contributed by atoms with E-state index < -0.39 is 0 Å². The first-order valence-corrected chi connectivity index (χ1v) is 13.2. The van der Waals surface area contributed by atoms with Gasteiger partial charge in [0.15, 0.2) is 0 Å². The van der Waals surface area contributed by atoms with E-state index in [-0.39, 0.29) is 17.9 Å². The van der Waals surface area contributed by atoms with Gasteiger partial charge in [0.05, 0.1) is 18.8 Å². The Morgan fingerprint density at radius 2 is 1.69 bits per heavy atom. The predicted molar refractivity (Wildman–Crippen MR) is 153 cm³/mol. The number of carbonyl (C=O) groups excluding carboxylic acids is 1. The van der Waals surface area contributed by atoms with E-state index in [0.29, 0.717) is 43.9 Å². The summed E-state index contributed by atoms with van der Waals surface area (Å²) in [6, 6.07) is 16.1. The minimum Gasteiger partial charge on any atom is -0.445 e. The van der Waals surface area contributed by atoms with E-state index in [0.717, 1.165) is 28.1 Å². The van der Waals surface area contributed by atoms with Gasteiger partial charge in [0.25, 0.3) is 0 Å². The van der Waals surface area contributed by atoms with Crippen molar-refractivity contribution in [3.05, 3.63) is 90.4 Å². The van der Waals surface area contributed by atoms with Gasteiger partial charge in [0.2, 0.25) is 11.8 Å². The van der Waals surface area contributed by atoms with Crippen molar-refractivity contribution < 1.29 is 14.3 Å². The molecule has 3 heterocycles. The van der Waals surface area contributed by atoms with Crippen LogP contribution in [0.1, 0.15) is 42.7 Å². The van der Waals surface area contributed by atoms with Crippen LogP contribution in [-0.4, -0.2) is 46.2 Å². The molecule has 1 aromatic carbocycles. The number of rotatable bonds is 8. The third-order valence-electron chi connectivity index (χ3n) is 7.06. The predicted octanol–water partition coefficient (Wildman–Crippen LogP) is 5.45. The van der Waals surface area contributed by atoms with Gasteiger partial charge in [-0.1, -0.05) is 24.3 Å². The SMILES string of the molecule is CN(C)c1ccc(-c2ccc(CN(C(=O)C3CCC(O)CC3)c3cc(C=Cc4ncco4)ccn3)cc2)cn1. The number of aliphatic hydroxyl groups is 1. The first-order chi connectivity index (χ1) is 19.0. The first-order valence-electron chi connectivity index (χ1n) is 13.2. The van der Waals surface area contributed by atoms with Gasteiger partial charge in [-0.15, -0.1) is 0 Å². The van der Waals surface area contributed by atoms with E-state index in [2.05, 4.69) is 33.2 Å². The fourth-order valence-corrected chi connectivity index (χ4v) is 4.79. The van der Waals surface area contributed by atoms with Crippen molar-refractivity contribution in [2.45, 2.75) is 38.3 Å². The minimum atomic E-state index is -0.321. The van der Waals surface area contributed by atoms with Crippen molar-refractivity contribution in [1.29, 1.82) is 0 Å². The largest absolute Gasteiger partial charge is 0.445 e. The Labute approximate surface area is 228 Å². The van der Waals surface area contributed by atoms with Crippen molar-refractivity contribution in [2.75, 3.05) is 23.9 Å². The summed E-state index contributed by atoms with van der Waals surface area (Å²) in [6.07, 6.45) is 12.7. The normalized spacial score (nSPS) is 17.3. The molecule has 0 saturated heterocycles. The molecule has 0 bridgehead atoms. The molecule has 0 aliphatic heterocycles. The van der Waals surface area contributed by atoms with Crippen LogP contribution >= 0.6 is 0 Å². The fourth-order valence-electron chi connectivity index (χ4n) is 4.79. The molecule has 1 saturated carbocycles. The average Bonchev–Trinajstić information content (AvgIpc) is 3.49. The Hall–Kier alpha value is -4.30. The van der Waals surface area contributed by atoms with Crippen molar-refractivity contribution in [2.24, 2.45) is 5.92 Å². The summed E-state index contributed by atoms with van der Waals surface area (Å²) < 4.78 is 5.29. The van der Waals surface area contributed by atoms with Gasteiger partial charge in [0, 0.05) is 44.0 Å².